The van der Waals surface area contributed by atoms with Gasteiger partial charge in [-0.2, -0.15) is 0 Å². The van der Waals surface area contributed by atoms with Crippen molar-refractivity contribution in [1.29, 1.82) is 0 Å². The number of anilines is 2. The van der Waals surface area contributed by atoms with Gasteiger partial charge in [-0.15, -0.1) is 0 Å². The van der Waals surface area contributed by atoms with Crippen molar-refractivity contribution >= 4 is 40.7 Å². The van der Waals surface area contributed by atoms with E-state index >= 15 is 0 Å². The number of carbonyl (C=O) groups is 3. The van der Waals surface area contributed by atoms with E-state index in [0.29, 0.717) is 21.8 Å². The molecule has 0 bridgehead atoms. The molecule has 2 atom stereocenters. The van der Waals surface area contributed by atoms with Crippen LogP contribution >= 0.6 is 11.6 Å². The predicted molar refractivity (Wildman–Crippen MR) is 128 cm³/mol. The van der Waals surface area contributed by atoms with E-state index in [1.54, 1.807) is 41.3 Å². The number of amides is 3. The summed E-state index contributed by atoms with van der Waals surface area (Å²) in [5.41, 5.74) is 4.04. The molecule has 5 rings (SSSR count). The fourth-order valence-corrected chi connectivity index (χ4v) is 4.76. The fourth-order valence-electron chi connectivity index (χ4n) is 4.60. The molecular formula is C26H22ClN3O3. The minimum absolute atomic E-state index is 0.309. The van der Waals surface area contributed by atoms with E-state index in [2.05, 4.69) is 0 Å². The lowest BCUT2D eigenvalue weighted by molar-refractivity contribution is -0.130. The molecule has 33 heavy (non-hydrogen) atoms. The van der Waals surface area contributed by atoms with Crippen molar-refractivity contribution < 1.29 is 14.4 Å². The molecule has 7 heteroatoms. The Morgan fingerprint density at radius 3 is 1.97 bits per heavy atom. The fraction of sp³-hybridized carbons (Fsp3) is 0.192. The van der Waals surface area contributed by atoms with E-state index in [0.717, 1.165) is 21.7 Å². The zero-order valence-electron chi connectivity index (χ0n) is 18.4. The summed E-state index contributed by atoms with van der Waals surface area (Å²) in [6.07, 6.45) is 0. The molecule has 2 aliphatic heterocycles. The van der Waals surface area contributed by atoms with Crippen molar-refractivity contribution in [3.63, 3.8) is 0 Å². The largest absolute Gasteiger partial charge is 0.378 e. The van der Waals surface area contributed by atoms with Crippen LogP contribution in [0.25, 0.3) is 0 Å². The predicted octanol–water partition coefficient (Wildman–Crippen LogP) is 4.47. The summed E-state index contributed by atoms with van der Waals surface area (Å²) in [7, 11) is 3.90. The Bertz CT molecular complexity index is 1270. The van der Waals surface area contributed by atoms with Gasteiger partial charge in [0.2, 0.25) is 0 Å². The van der Waals surface area contributed by atoms with Crippen molar-refractivity contribution in [2.24, 2.45) is 0 Å². The van der Waals surface area contributed by atoms with Crippen LogP contribution in [0.4, 0.5) is 11.4 Å². The summed E-state index contributed by atoms with van der Waals surface area (Å²) < 4.78 is 0. The zero-order valence-corrected chi connectivity index (χ0v) is 19.2. The third-order valence-electron chi connectivity index (χ3n) is 6.35. The topological polar surface area (TPSA) is 60.9 Å². The maximum atomic E-state index is 13.5. The Labute approximate surface area is 197 Å². The van der Waals surface area contributed by atoms with Crippen molar-refractivity contribution in [2.75, 3.05) is 23.9 Å². The lowest BCUT2D eigenvalue weighted by atomic mass is 9.85. The van der Waals surface area contributed by atoms with E-state index in [4.69, 9.17) is 11.6 Å². The number of carbonyl (C=O) groups excluding carboxylic acids is 3. The van der Waals surface area contributed by atoms with Gasteiger partial charge in [0.05, 0.1) is 17.2 Å². The van der Waals surface area contributed by atoms with Gasteiger partial charge in [-0.3, -0.25) is 19.3 Å². The molecule has 0 aliphatic carbocycles. The van der Waals surface area contributed by atoms with E-state index in [-0.39, 0.29) is 5.91 Å². The molecule has 0 N–H and O–H groups in total. The first-order valence-electron chi connectivity index (χ1n) is 10.6. The van der Waals surface area contributed by atoms with Crippen LogP contribution in [0.15, 0.2) is 66.7 Å². The number of aryl methyl sites for hydroxylation is 1. The summed E-state index contributed by atoms with van der Waals surface area (Å²) in [4.78, 5) is 44.6. The van der Waals surface area contributed by atoms with Crippen LogP contribution in [0, 0.1) is 6.92 Å². The van der Waals surface area contributed by atoms with Gasteiger partial charge < -0.3 is 9.80 Å². The molecule has 0 spiro atoms. The quantitative estimate of drug-likeness (QED) is 0.426. The molecule has 0 saturated carbocycles. The van der Waals surface area contributed by atoms with Crippen LogP contribution < -0.4 is 9.80 Å². The normalized spacial score (nSPS) is 19.6. The van der Waals surface area contributed by atoms with Crippen molar-refractivity contribution in [2.45, 2.75) is 19.0 Å². The van der Waals surface area contributed by atoms with Crippen LogP contribution in [-0.4, -0.2) is 42.8 Å². The molecule has 166 valence electrons. The molecule has 2 heterocycles. The van der Waals surface area contributed by atoms with Gasteiger partial charge in [0, 0.05) is 30.5 Å². The van der Waals surface area contributed by atoms with Crippen LogP contribution in [0.3, 0.4) is 0 Å². The number of halogens is 1. The maximum Gasteiger partial charge on any atom is 0.262 e. The molecule has 6 nitrogen and oxygen atoms in total. The summed E-state index contributed by atoms with van der Waals surface area (Å²) >= 11 is 6.25. The molecule has 0 aromatic heterocycles. The van der Waals surface area contributed by atoms with E-state index in [1.807, 2.05) is 56.3 Å². The van der Waals surface area contributed by atoms with Crippen LogP contribution in [0.5, 0.6) is 0 Å². The second-order valence-corrected chi connectivity index (χ2v) is 8.98. The second kappa shape index (κ2) is 7.74. The molecule has 3 aromatic rings. The van der Waals surface area contributed by atoms with Crippen molar-refractivity contribution in [3.05, 3.63) is 94.0 Å². The SMILES string of the molecule is Cc1ccc(Cl)cc1N1C(=O)[C@@H](N2C(=O)c3ccccc3C2=O)[C@H]1c1ccc(N(C)C)cc1. The number of fused-ring (bicyclic) bond motifs is 1. The highest BCUT2D eigenvalue weighted by Crippen LogP contribution is 2.45. The first-order chi connectivity index (χ1) is 15.8. The second-order valence-electron chi connectivity index (χ2n) is 8.54. The Morgan fingerprint density at radius 1 is 0.788 bits per heavy atom. The lowest BCUT2D eigenvalue weighted by Gasteiger charge is -2.50. The lowest BCUT2D eigenvalue weighted by Crippen LogP contribution is -2.67. The van der Waals surface area contributed by atoms with Crippen LogP contribution in [-0.2, 0) is 4.79 Å². The number of nitrogens with zero attached hydrogens (tertiary/aromatic N) is 3. The third-order valence-corrected chi connectivity index (χ3v) is 6.59. The van der Waals surface area contributed by atoms with E-state index in [9.17, 15) is 14.4 Å². The van der Waals surface area contributed by atoms with Crippen molar-refractivity contribution in [3.8, 4) is 0 Å². The Balaban J connectivity index is 1.60. The molecule has 1 fully saturated rings. The van der Waals surface area contributed by atoms with Crippen LogP contribution in [0.1, 0.15) is 37.9 Å². The molecule has 0 unspecified atom stereocenters. The summed E-state index contributed by atoms with van der Waals surface area (Å²) in [6, 6.07) is 18.4. The summed E-state index contributed by atoms with van der Waals surface area (Å²) in [5, 5.41) is 0.509. The first-order valence-corrected chi connectivity index (χ1v) is 11.0. The highest BCUT2D eigenvalue weighted by molar-refractivity contribution is 6.31. The van der Waals surface area contributed by atoms with E-state index in [1.165, 1.54) is 0 Å². The molecule has 0 radical (unpaired) electrons. The Kier molecular flexibility index (Phi) is 4.98. The monoisotopic (exact) mass is 459 g/mol. The smallest absolute Gasteiger partial charge is 0.262 e. The minimum atomic E-state index is -0.930. The Morgan fingerprint density at radius 2 is 1.39 bits per heavy atom. The van der Waals surface area contributed by atoms with Gasteiger partial charge in [0.15, 0.2) is 0 Å². The maximum absolute atomic E-state index is 13.5. The highest BCUT2D eigenvalue weighted by atomic mass is 35.5. The average molecular weight is 460 g/mol. The van der Waals surface area contributed by atoms with Crippen LogP contribution in [0.2, 0.25) is 5.02 Å². The number of β-lactam (4-membered cyclic amide) rings is 1. The number of hydrogen-bond acceptors (Lipinski definition) is 4. The third kappa shape index (κ3) is 3.21. The zero-order chi connectivity index (χ0) is 23.4. The summed E-state index contributed by atoms with van der Waals surface area (Å²) in [5.74, 6) is -1.19. The van der Waals surface area contributed by atoms with Gasteiger partial charge in [-0.25, -0.2) is 0 Å². The van der Waals surface area contributed by atoms with Crippen molar-refractivity contribution in [1.82, 2.24) is 4.90 Å². The Hall–Kier alpha value is -3.64. The number of imide groups is 1. The average Bonchev–Trinajstić information content (AvgIpc) is 3.05. The number of rotatable bonds is 4. The highest BCUT2D eigenvalue weighted by Gasteiger charge is 2.57. The standard InChI is InChI=1S/C26H22ClN3O3/c1-15-8-11-17(27)14-21(15)29-22(16-9-12-18(13-10-16)28(2)3)23(26(29)33)30-24(31)19-6-4-5-7-20(19)25(30)32/h4-14,22-23H,1-3H3/t22-,23+/m1/s1. The molecule has 3 aromatic carbocycles. The minimum Gasteiger partial charge on any atom is -0.378 e. The van der Waals surface area contributed by atoms with Gasteiger partial charge in [-0.1, -0.05) is 41.9 Å². The number of hydrogen-bond donors (Lipinski definition) is 0. The molecular weight excluding hydrogens is 438 g/mol. The van der Waals surface area contributed by atoms with Gasteiger partial charge >= 0.3 is 0 Å². The van der Waals surface area contributed by atoms with Gasteiger partial charge in [0.1, 0.15) is 6.04 Å². The number of benzene rings is 3. The van der Waals surface area contributed by atoms with E-state index < -0.39 is 23.9 Å². The summed E-state index contributed by atoms with van der Waals surface area (Å²) in [6.45, 7) is 1.90. The molecule has 3 amide bonds. The van der Waals surface area contributed by atoms with Gasteiger partial charge in [0.25, 0.3) is 17.7 Å². The molecule has 1 saturated heterocycles. The first kappa shape index (κ1) is 21.2. The van der Waals surface area contributed by atoms with Gasteiger partial charge in [-0.05, 0) is 54.4 Å². The molecule has 2 aliphatic rings.